The van der Waals surface area contributed by atoms with E-state index in [1.807, 2.05) is 0 Å². The average Bonchev–Trinajstić information content (AvgIpc) is 2.51. The molecule has 7 nitrogen and oxygen atoms in total. The summed E-state index contributed by atoms with van der Waals surface area (Å²) < 4.78 is 0. The van der Waals surface area contributed by atoms with Crippen LogP contribution in [0.4, 0.5) is 5.95 Å². The van der Waals surface area contributed by atoms with Crippen LogP contribution in [0.5, 0.6) is 0 Å². The van der Waals surface area contributed by atoms with Gasteiger partial charge in [0.2, 0.25) is 12.4 Å². The molecule has 2 heterocycles. The van der Waals surface area contributed by atoms with Crippen LogP contribution >= 0.6 is 0 Å². The van der Waals surface area contributed by atoms with Crippen molar-refractivity contribution in [2.75, 3.05) is 5.32 Å². The highest BCUT2D eigenvalue weighted by atomic mass is 16.1. The van der Waals surface area contributed by atoms with Crippen molar-refractivity contribution in [1.29, 1.82) is 0 Å². The van der Waals surface area contributed by atoms with Gasteiger partial charge < -0.3 is 10.5 Å². The number of rotatable bonds is 2. The third-order valence-corrected chi connectivity index (χ3v) is 1.36. The Bertz CT molecular complexity index is 412. The predicted octanol–water partition coefficient (Wildman–Crippen LogP) is -0.904. The summed E-state index contributed by atoms with van der Waals surface area (Å²) in [4.78, 5) is 24.5. The maximum atomic E-state index is 10.0. The lowest BCUT2D eigenvalue weighted by Gasteiger charge is -1.93. The number of carbonyl (C=O) groups excluding carboxylic acids is 1. The van der Waals surface area contributed by atoms with Gasteiger partial charge in [-0.1, -0.05) is 0 Å². The second-order valence-electron chi connectivity index (χ2n) is 2.10. The molecule has 13 heavy (non-hydrogen) atoms. The molecule has 0 aliphatic heterocycles. The van der Waals surface area contributed by atoms with E-state index < -0.39 is 0 Å². The fourth-order valence-electron chi connectivity index (χ4n) is 0.858. The first-order valence-electron chi connectivity index (χ1n) is 3.26. The van der Waals surface area contributed by atoms with Crippen LogP contribution in [0.3, 0.4) is 0 Å². The normalized spacial score (nSPS) is 9.23. The number of nitrogens with zero attached hydrogens (tertiary/aromatic N) is 3. The Balaban J connectivity index is 0.000000845. The molecule has 2 aromatic heterocycles. The molecule has 0 saturated heterocycles. The molecule has 7 heteroatoms. The van der Waals surface area contributed by atoms with Crippen LogP contribution in [0.1, 0.15) is 0 Å². The first-order valence-corrected chi connectivity index (χ1v) is 3.26. The summed E-state index contributed by atoms with van der Waals surface area (Å²) in [7, 11) is 0. The van der Waals surface area contributed by atoms with Crippen molar-refractivity contribution in [3.05, 3.63) is 12.5 Å². The number of fused-ring (bicyclic) bond motifs is 1. The molecule has 0 unspecified atom stereocenters. The predicted molar refractivity (Wildman–Crippen MR) is 45.0 cm³/mol. The molecule has 0 bridgehead atoms. The largest absolute Gasteiger partial charge is 0.412 e. The maximum absolute atomic E-state index is 10.0. The second kappa shape index (κ2) is 3.59. The van der Waals surface area contributed by atoms with Crippen molar-refractivity contribution >= 4 is 23.5 Å². The van der Waals surface area contributed by atoms with Crippen LogP contribution in [-0.4, -0.2) is 31.8 Å². The number of carbonyl (C=O) groups is 1. The van der Waals surface area contributed by atoms with Gasteiger partial charge in [-0.05, 0) is 0 Å². The van der Waals surface area contributed by atoms with E-state index in [4.69, 9.17) is 0 Å². The van der Waals surface area contributed by atoms with E-state index in [9.17, 15) is 4.79 Å². The van der Waals surface area contributed by atoms with Gasteiger partial charge in [-0.25, -0.2) is 9.97 Å². The standard InChI is InChI=1S/C6H5N5O.H2O/c12-3-10-6-7-1-4-5(11-6)9-2-8-4;/h1-3H,(H2,7,8,9,10,11,12);1H2. The van der Waals surface area contributed by atoms with Gasteiger partial charge in [-0.3, -0.25) is 10.1 Å². The van der Waals surface area contributed by atoms with Crippen LogP contribution in [0, 0.1) is 0 Å². The highest BCUT2D eigenvalue weighted by Gasteiger charge is 1.99. The van der Waals surface area contributed by atoms with E-state index in [0.717, 1.165) is 5.52 Å². The van der Waals surface area contributed by atoms with Gasteiger partial charge in [0.1, 0.15) is 5.52 Å². The Morgan fingerprint density at radius 2 is 2.31 bits per heavy atom. The number of aromatic nitrogens is 4. The minimum absolute atomic E-state index is 0. The molecule has 0 spiro atoms. The average molecular weight is 181 g/mol. The summed E-state index contributed by atoms with van der Waals surface area (Å²) in [5.41, 5.74) is 1.28. The fourth-order valence-corrected chi connectivity index (χ4v) is 0.858. The SMILES string of the molecule is O.O=CNc1ncc2[nH]cnc2n1. The molecular weight excluding hydrogens is 174 g/mol. The topological polar surface area (TPSA) is 115 Å². The smallest absolute Gasteiger partial charge is 0.231 e. The van der Waals surface area contributed by atoms with Gasteiger partial charge >= 0.3 is 0 Å². The van der Waals surface area contributed by atoms with Crippen molar-refractivity contribution in [1.82, 2.24) is 19.9 Å². The number of anilines is 1. The molecule has 1 amide bonds. The van der Waals surface area contributed by atoms with Crippen LogP contribution in [0.2, 0.25) is 0 Å². The monoisotopic (exact) mass is 181 g/mol. The minimum Gasteiger partial charge on any atom is -0.412 e. The van der Waals surface area contributed by atoms with Crippen molar-refractivity contribution in [3.8, 4) is 0 Å². The third kappa shape index (κ3) is 1.59. The molecule has 2 rings (SSSR count). The van der Waals surface area contributed by atoms with Gasteiger partial charge in [0.15, 0.2) is 5.65 Å². The van der Waals surface area contributed by atoms with Crippen LogP contribution in [-0.2, 0) is 4.79 Å². The zero-order valence-electron chi connectivity index (χ0n) is 6.48. The Labute approximate surface area is 72.5 Å². The first-order chi connectivity index (χ1) is 5.90. The number of nitrogens with one attached hydrogen (secondary N) is 2. The van der Waals surface area contributed by atoms with Crippen molar-refractivity contribution in [2.45, 2.75) is 0 Å². The highest BCUT2D eigenvalue weighted by molar-refractivity contribution is 5.73. The molecule has 0 radical (unpaired) electrons. The number of amides is 1. The van der Waals surface area contributed by atoms with E-state index in [0.29, 0.717) is 12.1 Å². The second-order valence-corrected chi connectivity index (χ2v) is 2.10. The van der Waals surface area contributed by atoms with Crippen LogP contribution in [0.25, 0.3) is 11.2 Å². The van der Waals surface area contributed by atoms with E-state index in [2.05, 4.69) is 25.3 Å². The summed E-state index contributed by atoms with van der Waals surface area (Å²) >= 11 is 0. The number of hydrogen-bond donors (Lipinski definition) is 2. The van der Waals surface area contributed by atoms with E-state index >= 15 is 0 Å². The number of hydrogen-bond acceptors (Lipinski definition) is 4. The van der Waals surface area contributed by atoms with Gasteiger partial charge in [0, 0.05) is 0 Å². The summed E-state index contributed by atoms with van der Waals surface area (Å²) in [6, 6.07) is 0. The van der Waals surface area contributed by atoms with Crippen molar-refractivity contribution < 1.29 is 10.3 Å². The molecule has 0 aliphatic carbocycles. The van der Waals surface area contributed by atoms with Gasteiger partial charge in [0.05, 0.1) is 12.5 Å². The van der Waals surface area contributed by atoms with Gasteiger partial charge in [0.25, 0.3) is 0 Å². The quantitative estimate of drug-likeness (QED) is 0.584. The molecule has 68 valence electrons. The van der Waals surface area contributed by atoms with E-state index in [-0.39, 0.29) is 11.4 Å². The summed E-state index contributed by atoms with van der Waals surface area (Å²) in [5, 5.41) is 2.33. The molecule has 2 aromatic rings. The molecule has 0 aromatic carbocycles. The Morgan fingerprint density at radius 1 is 1.46 bits per heavy atom. The Hall–Kier alpha value is -2.02. The molecule has 0 saturated carbocycles. The zero-order valence-corrected chi connectivity index (χ0v) is 6.48. The van der Waals surface area contributed by atoms with Crippen LogP contribution in [0.15, 0.2) is 12.5 Å². The lowest BCUT2D eigenvalue weighted by atomic mass is 10.6. The third-order valence-electron chi connectivity index (χ3n) is 1.36. The molecule has 0 fully saturated rings. The number of H-pyrrole nitrogens is 1. The van der Waals surface area contributed by atoms with Crippen molar-refractivity contribution in [3.63, 3.8) is 0 Å². The Kier molecular flexibility index (Phi) is 2.50. The number of imidazole rings is 1. The summed E-state index contributed by atoms with van der Waals surface area (Å²) in [5.74, 6) is 0.254. The lowest BCUT2D eigenvalue weighted by Crippen LogP contribution is -1.99. The first kappa shape index (κ1) is 9.07. The minimum atomic E-state index is 0. The maximum Gasteiger partial charge on any atom is 0.231 e. The zero-order chi connectivity index (χ0) is 8.39. The van der Waals surface area contributed by atoms with Crippen LogP contribution < -0.4 is 5.32 Å². The fraction of sp³-hybridized carbons (Fsp3) is 0. The van der Waals surface area contributed by atoms with Gasteiger partial charge in [-0.2, -0.15) is 4.98 Å². The molecular formula is C6H7N5O2. The molecule has 4 N–H and O–H groups in total. The van der Waals surface area contributed by atoms with E-state index in [1.54, 1.807) is 6.20 Å². The Morgan fingerprint density at radius 3 is 3.08 bits per heavy atom. The van der Waals surface area contributed by atoms with Crippen molar-refractivity contribution in [2.24, 2.45) is 0 Å². The van der Waals surface area contributed by atoms with Gasteiger partial charge in [-0.15, -0.1) is 0 Å². The summed E-state index contributed by atoms with van der Waals surface area (Å²) in [6.45, 7) is 0. The van der Waals surface area contributed by atoms with E-state index in [1.165, 1.54) is 6.33 Å². The highest BCUT2D eigenvalue weighted by Crippen LogP contribution is 2.05. The molecule has 0 aliphatic rings. The molecule has 0 atom stereocenters. The summed E-state index contributed by atoms with van der Waals surface area (Å²) in [6.07, 6.45) is 3.60. The number of aromatic amines is 1. The lowest BCUT2D eigenvalue weighted by molar-refractivity contribution is -0.105.